The lowest BCUT2D eigenvalue weighted by molar-refractivity contribution is 0.391. The second-order valence-corrected chi connectivity index (χ2v) is 5.43. The van der Waals surface area contributed by atoms with Gasteiger partial charge >= 0.3 is 0 Å². The Labute approximate surface area is 116 Å². The predicted octanol–water partition coefficient (Wildman–Crippen LogP) is 2.79. The van der Waals surface area contributed by atoms with Crippen molar-refractivity contribution in [1.29, 1.82) is 0 Å². The molecule has 3 N–H and O–H groups in total. The molecular weight excluding hydrogens is 236 g/mol. The lowest BCUT2D eigenvalue weighted by Gasteiger charge is -2.28. The molecule has 1 aliphatic carbocycles. The van der Waals surface area contributed by atoms with E-state index in [4.69, 9.17) is 10.5 Å². The minimum absolute atomic E-state index is 0.265. The molecule has 2 unspecified atom stereocenters. The van der Waals surface area contributed by atoms with Gasteiger partial charge in [-0.1, -0.05) is 25.5 Å². The molecule has 0 aliphatic heterocycles. The highest BCUT2D eigenvalue weighted by Gasteiger charge is 2.22. The summed E-state index contributed by atoms with van der Waals surface area (Å²) in [7, 11) is 1.75. The van der Waals surface area contributed by atoms with Gasteiger partial charge in [0.15, 0.2) is 0 Å². The molecule has 0 heterocycles. The number of fused-ring (bicyclic) bond motifs is 1. The molecule has 0 bridgehead atoms. The van der Waals surface area contributed by atoms with Gasteiger partial charge in [-0.25, -0.2) is 0 Å². The van der Waals surface area contributed by atoms with E-state index >= 15 is 0 Å². The molecule has 0 aromatic heterocycles. The van der Waals surface area contributed by atoms with Crippen LogP contribution in [0.2, 0.25) is 0 Å². The van der Waals surface area contributed by atoms with E-state index in [1.807, 2.05) is 0 Å². The fraction of sp³-hybridized carbons (Fsp3) is 0.625. The van der Waals surface area contributed by atoms with Gasteiger partial charge in [0.1, 0.15) is 5.75 Å². The molecule has 2 atom stereocenters. The molecule has 1 aromatic rings. The van der Waals surface area contributed by atoms with E-state index in [1.54, 1.807) is 7.11 Å². The third-order valence-electron chi connectivity index (χ3n) is 3.97. The van der Waals surface area contributed by atoms with Gasteiger partial charge in [0.25, 0.3) is 0 Å². The lowest BCUT2D eigenvalue weighted by Crippen LogP contribution is -2.36. The Morgan fingerprint density at radius 3 is 3.05 bits per heavy atom. The second kappa shape index (κ2) is 6.92. The monoisotopic (exact) mass is 262 g/mol. The van der Waals surface area contributed by atoms with Crippen molar-refractivity contribution in [3.63, 3.8) is 0 Å². The molecule has 1 aromatic carbocycles. The van der Waals surface area contributed by atoms with Crippen molar-refractivity contribution in [3.8, 4) is 5.75 Å². The van der Waals surface area contributed by atoms with Crippen LogP contribution in [0.15, 0.2) is 18.2 Å². The van der Waals surface area contributed by atoms with Crippen LogP contribution < -0.4 is 15.8 Å². The number of benzene rings is 1. The summed E-state index contributed by atoms with van der Waals surface area (Å²) in [6, 6.07) is 7.07. The number of nitrogens with one attached hydrogen (secondary N) is 1. The zero-order valence-corrected chi connectivity index (χ0v) is 12.1. The van der Waals surface area contributed by atoms with Gasteiger partial charge in [0.2, 0.25) is 0 Å². The fourth-order valence-corrected chi connectivity index (χ4v) is 2.98. The average Bonchev–Trinajstić information content (AvgIpc) is 2.44. The van der Waals surface area contributed by atoms with Crippen LogP contribution in [-0.2, 0) is 6.42 Å². The minimum Gasteiger partial charge on any atom is -0.496 e. The highest BCUT2D eigenvalue weighted by Crippen LogP contribution is 2.35. The van der Waals surface area contributed by atoms with Gasteiger partial charge in [-0.2, -0.15) is 0 Å². The fourth-order valence-electron chi connectivity index (χ4n) is 2.98. The molecule has 0 amide bonds. The standard InChI is InChI=1S/C16H26N2O/c1-3-6-12(17)11-18-15-9-4-8-14-13(15)7-5-10-16(14)19-2/h5,7,10,12,15,18H,3-4,6,8-9,11,17H2,1-2H3. The molecule has 0 radical (unpaired) electrons. The zero-order chi connectivity index (χ0) is 13.7. The van der Waals surface area contributed by atoms with Crippen molar-refractivity contribution in [2.45, 2.75) is 51.1 Å². The van der Waals surface area contributed by atoms with Gasteiger partial charge in [0, 0.05) is 18.6 Å². The van der Waals surface area contributed by atoms with Gasteiger partial charge in [-0.3, -0.25) is 0 Å². The van der Waals surface area contributed by atoms with Crippen molar-refractivity contribution < 1.29 is 4.74 Å². The quantitative estimate of drug-likeness (QED) is 0.828. The number of ether oxygens (including phenoxy) is 1. The highest BCUT2D eigenvalue weighted by molar-refractivity contribution is 5.43. The maximum absolute atomic E-state index is 6.09. The normalized spacial score (nSPS) is 19.8. The van der Waals surface area contributed by atoms with Crippen LogP contribution in [0.25, 0.3) is 0 Å². The number of rotatable bonds is 6. The van der Waals surface area contributed by atoms with Crippen LogP contribution >= 0.6 is 0 Å². The largest absolute Gasteiger partial charge is 0.496 e. The summed E-state index contributed by atoms with van der Waals surface area (Å²) < 4.78 is 5.47. The molecule has 0 saturated heterocycles. The smallest absolute Gasteiger partial charge is 0.122 e. The Morgan fingerprint density at radius 1 is 1.47 bits per heavy atom. The summed E-state index contributed by atoms with van der Waals surface area (Å²) in [6.45, 7) is 3.08. The van der Waals surface area contributed by atoms with Gasteiger partial charge in [0.05, 0.1) is 7.11 Å². The first-order valence-electron chi connectivity index (χ1n) is 7.41. The molecule has 2 rings (SSSR count). The van der Waals surface area contributed by atoms with Gasteiger partial charge in [-0.05, 0) is 42.9 Å². The van der Waals surface area contributed by atoms with Crippen molar-refractivity contribution in [3.05, 3.63) is 29.3 Å². The summed E-state index contributed by atoms with van der Waals surface area (Å²) in [6.07, 6.45) is 5.77. The number of nitrogens with two attached hydrogens (primary N) is 1. The molecule has 19 heavy (non-hydrogen) atoms. The van der Waals surface area contributed by atoms with Crippen molar-refractivity contribution in [2.24, 2.45) is 5.73 Å². The first-order chi connectivity index (χ1) is 9.26. The lowest BCUT2D eigenvalue weighted by atomic mass is 9.87. The molecule has 1 aliphatic rings. The maximum Gasteiger partial charge on any atom is 0.122 e. The SMILES string of the molecule is CCCC(N)CNC1CCCc2c(OC)cccc21. The van der Waals surface area contributed by atoms with Crippen LogP contribution in [-0.4, -0.2) is 19.7 Å². The van der Waals surface area contributed by atoms with Crippen LogP contribution in [0, 0.1) is 0 Å². The summed E-state index contributed by atoms with van der Waals surface area (Å²) >= 11 is 0. The molecular formula is C16H26N2O. The van der Waals surface area contributed by atoms with Crippen LogP contribution in [0.1, 0.15) is 49.8 Å². The molecule has 0 saturated carbocycles. The zero-order valence-electron chi connectivity index (χ0n) is 12.1. The second-order valence-electron chi connectivity index (χ2n) is 5.43. The predicted molar refractivity (Wildman–Crippen MR) is 79.6 cm³/mol. The van der Waals surface area contributed by atoms with E-state index < -0.39 is 0 Å². The van der Waals surface area contributed by atoms with Crippen molar-refractivity contribution in [2.75, 3.05) is 13.7 Å². The van der Waals surface area contributed by atoms with E-state index in [-0.39, 0.29) is 6.04 Å². The van der Waals surface area contributed by atoms with E-state index in [0.717, 1.165) is 31.6 Å². The molecule has 3 heteroatoms. The third kappa shape index (κ3) is 3.48. The Kier molecular flexibility index (Phi) is 5.23. The number of methoxy groups -OCH3 is 1. The molecule has 3 nitrogen and oxygen atoms in total. The van der Waals surface area contributed by atoms with Gasteiger partial charge < -0.3 is 15.8 Å². The average molecular weight is 262 g/mol. The first kappa shape index (κ1) is 14.4. The molecule has 0 fully saturated rings. The van der Waals surface area contributed by atoms with E-state index in [0.29, 0.717) is 6.04 Å². The van der Waals surface area contributed by atoms with E-state index in [1.165, 1.54) is 24.0 Å². The highest BCUT2D eigenvalue weighted by atomic mass is 16.5. The number of hydrogen-bond acceptors (Lipinski definition) is 3. The summed E-state index contributed by atoms with van der Waals surface area (Å²) in [5.41, 5.74) is 8.86. The summed E-state index contributed by atoms with van der Waals surface area (Å²) in [5, 5.41) is 3.63. The van der Waals surface area contributed by atoms with Crippen molar-refractivity contribution in [1.82, 2.24) is 5.32 Å². The Bertz CT molecular complexity index is 406. The topological polar surface area (TPSA) is 47.3 Å². The molecule has 106 valence electrons. The summed E-state index contributed by atoms with van der Waals surface area (Å²) in [4.78, 5) is 0. The van der Waals surface area contributed by atoms with Crippen LogP contribution in [0.3, 0.4) is 0 Å². The molecule has 0 spiro atoms. The van der Waals surface area contributed by atoms with Crippen molar-refractivity contribution >= 4 is 0 Å². The van der Waals surface area contributed by atoms with E-state index in [9.17, 15) is 0 Å². The number of hydrogen-bond donors (Lipinski definition) is 2. The minimum atomic E-state index is 0.265. The maximum atomic E-state index is 6.09. The first-order valence-corrected chi connectivity index (χ1v) is 7.41. The van der Waals surface area contributed by atoms with E-state index in [2.05, 4.69) is 30.4 Å². The van der Waals surface area contributed by atoms with Crippen LogP contribution in [0.4, 0.5) is 0 Å². The van der Waals surface area contributed by atoms with Crippen LogP contribution in [0.5, 0.6) is 5.75 Å². The summed E-state index contributed by atoms with van der Waals surface area (Å²) in [5.74, 6) is 1.03. The van der Waals surface area contributed by atoms with Gasteiger partial charge in [-0.15, -0.1) is 0 Å². The Balaban J connectivity index is 2.05. The Hall–Kier alpha value is -1.06. The third-order valence-corrected chi connectivity index (χ3v) is 3.97. The Morgan fingerprint density at radius 2 is 2.32 bits per heavy atom.